The molecule has 0 atom stereocenters. The third kappa shape index (κ3) is 3.84. The lowest BCUT2D eigenvalue weighted by Crippen LogP contribution is -2.19. The molecule has 0 bridgehead atoms. The molecule has 0 aromatic heterocycles. The van der Waals surface area contributed by atoms with E-state index in [1.165, 1.54) is 12.1 Å². The number of hydrogen-bond donors (Lipinski definition) is 1. The van der Waals surface area contributed by atoms with Gasteiger partial charge in [0, 0.05) is 5.69 Å². The Labute approximate surface area is 92.4 Å². The number of nitrogens with one attached hydrogen (secondary N) is 1. The maximum Gasteiger partial charge on any atom is 0.315 e. The maximum absolute atomic E-state index is 11.9. The van der Waals surface area contributed by atoms with Crippen LogP contribution in [0.5, 0.6) is 5.75 Å². The first-order valence-electron chi connectivity index (χ1n) is 4.85. The summed E-state index contributed by atoms with van der Waals surface area (Å²) in [5.74, 6) is -0.678. The summed E-state index contributed by atoms with van der Waals surface area (Å²) >= 11 is 0. The normalized spacial score (nSPS) is 10.6. The second kappa shape index (κ2) is 5.44. The molecule has 0 unspecified atom stereocenters. The lowest BCUT2D eigenvalue weighted by Gasteiger charge is -2.10. The minimum atomic E-state index is -3.01. The number of alkyl halides is 2. The number of benzene rings is 1. The highest BCUT2D eigenvalue weighted by Crippen LogP contribution is 2.17. The third-order valence-corrected chi connectivity index (χ3v) is 1.69. The molecule has 0 heterocycles. The molecule has 1 N–H and O–H groups in total. The Balaban J connectivity index is 2.61. The van der Waals surface area contributed by atoms with E-state index in [1.54, 1.807) is 12.1 Å². The number of rotatable bonds is 4. The maximum atomic E-state index is 11.9. The molecule has 1 aromatic carbocycles. The fourth-order valence-electron chi connectivity index (χ4n) is 1.09. The third-order valence-electron chi connectivity index (χ3n) is 1.69. The first-order valence-corrected chi connectivity index (χ1v) is 4.85. The number of ether oxygens (including phenoxy) is 1. The SMILES string of the molecule is CC(C)Oc1ccc(NC(=O)C(F)F)cc1. The van der Waals surface area contributed by atoms with Crippen molar-refractivity contribution >= 4 is 11.6 Å². The molecule has 0 aliphatic carbocycles. The van der Waals surface area contributed by atoms with Crippen molar-refractivity contribution < 1.29 is 18.3 Å². The molecule has 3 nitrogen and oxygen atoms in total. The molecule has 0 aliphatic heterocycles. The van der Waals surface area contributed by atoms with E-state index in [4.69, 9.17) is 4.74 Å². The molecule has 0 aliphatic rings. The zero-order valence-electron chi connectivity index (χ0n) is 9.04. The van der Waals surface area contributed by atoms with Gasteiger partial charge in [0.05, 0.1) is 6.10 Å². The van der Waals surface area contributed by atoms with E-state index in [0.29, 0.717) is 11.4 Å². The number of amides is 1. The van der Waals surface area contributed by atoms with Crippen LogP contribution in [0.15, 0.2) is 24.3 Å². The van der Waals surface area contributed by atoms with Crippen LogP contribution in [-0.4, -0.2) is 18.4 Å². The Bertz CT molecular complexity index is 350. The highest BCUT2D eigenvalue weighted by molar-refractivity contribution is 5.93. The first-order chi connectivity index (χ1) is 7.49. The topological polar surface area (TPSA) is 38.3 Å². The molecule has 0 radical (unpaired) electrons. The molecule has 0 saturated carbocycles. The van der Waals surface area contributed by atoms with Gasteiger partial charge in [0.15, 0.2) is 0 Å². The second-order valence-electron chi connectivity index (χ2n) is 3.48. The van der Waals surface area contributed by atoms with Crippen molar-refractivity contribution in [3.63, 3.8) is 0 Å². The van der Waals surface area contributed by atoms with Crippen LogP contribution >= 0.6 is 0 Å². The molecule has 88 valence electrons. The molecule has 1 amide bonds. The Hall–Kier alpha value is -1.65. The Morgan fingerprint density at radius 3 is 2.25 bits per heavy atom. The van der Waals surface area contributed by atoms with Crippen molar-refractivity contribution in [3.8, 4) is 5.75 Å². The van der Waals surface area contributed by atoms with Crippen LogP contribution in [0.25, 0.3) is 0 Å². The van der Waals surface area contributed by atoms with Crippen molar-refractivity contribution in [1.82, 2.24) is 0 Å². The monoisotopic (exact) mass is 229 g/mol. The van der Waals surface area contributed by atoms with E-state index < -0.39 is 12.3 Å². The predicted molar refractivity (Wildman–Crippen MR) is 56.8 cm³/mol. The van der Waals surface area contributed by atoms with Crippen LogP contribution in [0.1, 0.15) is 13.8 Å². The molecule has 1 rings (SSSR count). The first kappa shape index (κ1) is 12.4. The van der Waals surface area contributed by atoms with Gasteiger partial charge in [0.1, 0.15) is 5.75 Å². The Kier molecular flexibility index (Phi) is 4.22. The molecule has 0 spiro atoms. The van der Waals surface area contributed by atoms with Crippen molar-refractivity contribution in [2.24, 2.45) is 0 Å². The molecule has 16 heavy (non-hydrogen) atoms. The standard InChI is InChI=1S/C11H13F2NO2/c1-7(2)16-9-5-3-8(4-6-9)14-11(15)10(12)13/h3-7,10H,1-2H3,(H,14,15). The predicted octanol–water partition coefficient (Wildman–Crippen LogP) is 2.68. The summed E-state index contributed by atoms with van der Waals surface area (Å²) in [6, 6.07) is 6.25. The summed E-state index contributed by atoms with van der Waals surface area (Å²) in [6.45, 7) is 3.76. The quantitative estimate of drug-likeness (QED) is 0.862. The van der Waals surface area contributed by atoms with Gasteiger partial charge in [-0.3, -0.25) is 4.79 Å². The molecule has 0 saturated heterocycles. The van der Waals surface area contributed by atoms with Crippen molar-refractivity contribution in [3.05, 3.63) is 24.3 Å². The van der Waals surface area contributed by atoms with Crippen LogP contribution in [0.3, 0.4) is 0 Å². The number of hydrogen-bond acceptors (Lipinski definition) is 2. The van der Waals surface area contributed by atoms with E-state index in [1.807, 2.05) is 13.8 Å². The minimum Gasteiger partial charge on any atom is -0.491 e. The van der Waals surface area contributed by atoms with Gasteiger partial charge in [-0.2, -0.15) is 8.78 Å². The minimum absolute atomic E-state index is 0.0431. The van der Waals surface area contributed by atoms with E-state index in [0.717, 1.165) is 0 Å². The number of carbonyl (C=O) groups excluding carboxylic acids is 1. The Morgan fingerprint density at radius 2 is 1.81 bits per heavy atom. The Morgan fingerprint density at radius 1 is 1.25 bits per heavy atom. The van der Waals surface area contributed by atoms with Crippen LogP contribution in [0.4, 0.5) is 14.5 Å². The molecular weight excluding hydrogens is 216 g/mol. The van der Waals surface area contributed by atoms with Crippen LogP contribution in [0, 0.1) is 0 Å². The van der Waals surface area contributed by atoms with Gasteiger partial charge in [0.2, 0.25) is 0 Å². The van der Waals surface area contributed by atoms with Crippen LogP contribution in [-0.2, 0) is 4.79 Å². The van der Waals surface area contributed by atoms with Gasteiger partial charge in [-0.1, -0.05) is 0 Å². The van der Waals surface area contributed by atoms with Gasteiger partial charge >= 0.3 is 6.43 Å². The number of halogens is 2. The van der Waals surface area contributed by atoms with Gasteiger partial charge in [-0.25, -0.2) is 0 Å². The van der Waals surface area contributed by atoms with Gasteiger partial charge < -0.3 is 10.1 Å². The van der Waals surface area contributed by atoms with E-state index >= 15 is 0 Å². The van der Waals surface area contributed by atoms with Gasteiger partial charge in [-0.05, 0) is 38.1 Å². The van der Waals surface area contributed by atoms with Gasteiger partial charge in [-0.15, -0.1) is 0 Å². The summed E-state index contributed by atoms with van der Waals surface area (Å²) < 4.78 is 29.2. The van der Waals surface area contributed by atoms with E-state index in [9.17, 15) is 13.6 Å². The molecule has 5 heteroatoms. The average molecular weight is 229 g/mol. The lowest BCUT2D eigenvalue weighted by atomic mass is 10.3. The summed E-state index contributed by atoms with van der Waals surface area (Å²) in [6.07, 6.45) is -2.96. The smallest absolute Gasteiger partial charge is 0.315 e. The van der Waals surface area contributed by atoms with E-state index in [2.05, 4.69) is 5.32 Å². The highest BCUT2D eigenvalue weighted by Gasteiger charge is 2.14. The largest absolute Gasteiger partial charge is 0.491 e. The fraction of sp³-hybridized carbons (Fsp3) is 0.364. The second-order valence-corrected chi connectivity index (χ2v) is 3.48. The summed E-state index contributed by atoms with van der Waals surface area (Å²) in [4.78, 5) is 10.7. The summed E-state index contributed by atoms with van der Waals surface area (Å²) in [7, 11) is 0. The lowest BCUT2D eigenvalue weighted by molar-refractivity contribution is -0.126. The molecule has 0 fully saturated rings. The van der Waals surface area contributed by atoms with E-state index in [-0.39, 0.29) is 6.10 Å². The summed E-state index contributed by atoms with van der Waals surface area (Å²) in [5.41, 5.74) is 0.321. The summed E-state index contributed by atoms with van der Waals surface area (Å²) in [5, 5.41) is 2.08. The fourth-order valence-corrected chi connectivity index (χ4v) is 1.09. The van der Waals surface area contributed by atoms with Crippen molar-refractivity contribution in [2.75, 3.05) is 5.32 Å². The average Bonchev–Trinajstić information content (AvgIpc) is 2.20. The van der Waals surface area contributed by atoms with Crippen molar-refractivity contribution in [1.29, 1.82) is 0 Å². The van der Waals surface area contributed by atoms with Crippen molar-refractivity contribution in [2.45, 2.75) is 26.4 Å². The van der Waals surface area contributed by atoms with Crippen LogP contribution in [0.2, 0.25) is 0 Å². The highest BCUT2D eigenvalue weighted by atomic mass is 19.3. The zero-order chi connectivity index (χ0) is 12.1. The molecule has 1 aromatic rings. The molecular formula is C11H13F2NO2. The van der Waals surface area contributed by atoms with Crippen LogP contribution < -0.4 is 10.1 Å². The number of anilines is 1. The van der Waals surface area contributed by atoms with Gasteiger partial charge in [0.25, 0.3) is 5.91 Å². The number of carbonyl (C=O) groups is 1. The zero-order valence-corrected chi connectivity index (χ0v) is 9.04.